The highest BCUT2D eigenvalue weighted by molar-refractivity contribution is 7.88. The zero-order chi connectivity index (χ0) is 21.9. The third-order valence-electron chi connectivity index (χ3n) is 4.68. The van der Waals surface area contributed by atoms with Gasteiger partial charge in [-0.2, -0.15) is 14.4 Å². The first-order valence-electron chi connectivity index (χ1n) is 9.36. The molecular weight excluding hydrogens is 432 g/mol. The highest BCUT2D eigenvalue weighted by Crippen LogP contribution is 2.24. The van der Waals surface area contributed by atoms with Crippen molar-refractivity contribution >= 4 is 45.0 Å². The summed E-state index contributed by atoms with van der Waals surface area (Å²) in [7, 11) is 0.117. The molecule has 1 amide bonds. The van der Waals surface area contributed by atoms with Gasteiger partial charge in [0, 0.05) is 39.4 Å². The third kappa shape index (κ3) is 5.58. The first kappa shape index (κ1) is 22.2. The molecule has 0 aliphatic carbocycles. The van der Waals surface area contributed by atoms with Gasteiger partial charge in [0.1, 0.15) is 11.6 Å². The molecule has 0 radical (unpaired) electrons. The quantitative estimate of drug-likeness (QED) is 0.602. The second kappa shape index (κ2) is 9.14. The van der Waals surface area contributed by atoms with Crippen LogP contribution in [0.5, 0.6) is 0 Å². The molecule has 1 aliphatic heterocycles. The van der Waals surface area contributed by atoms with Gasteiger partial charge in [-0.1, -0.05) is 11.6 Å². The maximum absolute atomic E-state index is 11.9. The first-order valence-corrected chi connectivity index (χ1v) is 11.6. The number of likely N-dealkylation sites (N-methyl/N-ethyl adjacent to an activating group) is 1. The summed E-state index contributed by atoms with van der Waals surface area (Å²) < 4.78 is 26.8. The number of amides is 1. The minimum Gasteiger partial charge on any atom is -0.367 e. The molecule has 0 spiro atoms. The maximum Gasteiger partial charge on any atom is 0.243 e. The molecule has 3 rings (SSSR count). The van der Waals surface area contributed by atoms with Gasteiger partial charge < -0.3 is 15.5 Å². The van der Waals surface area contributed by atoms with Gasteiger partial charge in [-0.25, -0.2) is 13.4 Å². The summed E-state index contributed by atoms with van der Waals surface area (Å²) in [5.74, 6) is 0.630. The van der Waals surface area contributed by atoms with Gasteiger partial charge in [0.2, 0.25) is 21.9 Å². The van der Waals surface area contributed by atoms with Crippen LogP contribution in [0.25, 0.3) is 0 Å². The Bertz CT molecular complexity index is 1010. The molecule has 0 saturated carbocycles. The van der Waals surface area contributed by atoms with Gasteiger partial charge in [0.05, 0.1) is 24.3 Å². The van der Waals surface area contributed by atoms with Gasteiger partial charge >= 0.3 is 0 Å². The number of hydrogen-bond donors (Lipinski definition) is 2. The lowest BCUT2D eigenvalue weighted by molar-refractivity contribution is -0.129. The van der Waals surface area contributed by atoms with Crippen LogP contribution in [0.2, 0.25) is 5.02 Å². The van der Waals surface area contributed by atoms with Crippen molar-refractivity contribution in [1.29, 1.82) is 0 Å². The average Bonchev–Trinajstić information content (AvgIpc) is 3.31. The Kier molecular flexibility index (Phi) is 6.78. The molecule has 164 valence electrons. The molecule has 1 atom stereocenters. The van der Waals surface area contributed by atoms with Crippen molar-refractivity contribution in [1.82, 2.24) is 29.0 Å². The van der Waals surface area contributed by atoms with Crippen LogP contribution in [0.1, 0.15) is 12.8 Å². The van der Waals surface area contributed by atoms with Crippen molar-refractivity contribution in [2.75, 3.05) is 44.1 Å². The molecule has 0 aromatic carbocycles. The van der Waals surface area contributed by atoms with E-state index in [9.17, 15) is 13.2 Å². The number of nitrogens with zero attached hydrogens (tertiary/aromatic N) is 6. The van der Waals surface area contributed by atoms with E-state index in [1.165, 1.54) is 26.3 Å². The fourth-order valence-electron chi connectivity index (χ4n) is 3.14. The summed E-state index contributed by atoms with van der Waals surface area (Å²) in [6, 6.07) is -0.144. The largest absolute Gasteiger partial charge is 0.367 e. The van der Waals surface area contributed by atoms with Crippen molar-refractivity contribution in [2.45, 2.75) is 25.4 Å². The van der Waals surface area contributed by atoms with Crippen molar-refractivity contribution in [3.05, 3.63) is 23.6 Å². The summed E-state index contributed by atoms with van der Waals surface area (Å²) in [5, 5.41) is 10.6. The summed E-state index contributed by atoms with van der Waals surface area (Å²) >= 11 is 6.20. The Morgan fingerprint density at radius 3 is 2.83 bits per heavy atom. The molecule has 0 unspecified atom stereocenters. The molecule has 3 heterocycles. The summed E-state index contributed by atoms with van der Waals surface area (Å²) in [6.45, 7) is 1.05. The van der Waals surface area contributed by atoms with E-state index >= 15 is 0 Å². The fraction of sp³-hybridized carbons (Fsp3) is 0.529. The maximum atomic E-state index is 11.9. The summed E-state index contributed by atoms with van der Waals surface area (Å²) in [4.78, 5) is 21.8. The molecule has 1 aliphatic rings. The number of carbonyl (C=O) groups excluding carboxylic acids is 1. The van der Waals surface area contributed by atoms with Crippen LogP contribution in [0.15, 0.2) is 18.6 Å². The second-order valence-corrected chi connectivity index (χ2v) is 9.62. The standard InChI is InChI=1S/C17H25ClN8O3S/c1-24(2)15(27)11-25-10-12(7-21-25)22-17-20-9-14(18)16(23-17)19-8-13-5-4-6-26(13)30(3,28)29/h7,9-10,13H,4-6,8,11H2,1-3H3,(H2,19,20,22,23)/t13-/m0/s1. The van der Waals surface area contributed by atoms with E-state index in [0.29, 0.717) is 35.6 Å². The third-order valence-corrected chi connectivity index (χ3v) is 6.29. The van der Waals surface area contributed by atoms with Crippen molar-refractivity contribution < 1.29 is 13.2 Å². The fourth-order valence-corrected chi connectivity index (χ4v) is 4.48. The van der Waals surface area contributed by atoms with Crippen molar-refractivity contribution in [3.63, 3.8) is 0 Å². The van der Waals surface area contributed by atoms with Crippen molar-refractivity contribution in [3.8, 4) is 0 Å². The van der Waals surface area contributed by atoms with E-state index in [2.05, 4.69) is 25.7 Å². The first-order chi connectivity index (χ1) is 14.1. The lowest BCUT2D eigenvalue weighted by Crippen LogP contribution is -2.38. The van der Waals surface area contributed by atoms with Gasteiger partial charge in [0.25, 0.3) is 0 Å². The van der Waals surface area contributed by atoms with E-state index in [1.54, 1.807) is 26.5 Å². The van der Waals surface area contributed by atoms with E-state index in [4.69, 9.17) is 11.6 Å². The predicted molar refractivity (Wildman–Crippen MR) is 114 cm³/mol. The number of hydrogen-bond acceptors (Lipinski definition) is 8. The number of anilines is 3. The Labute approximate surface area is 180 Å². The topological polar surface area (TPSA) is 125 Å². The molecule has 2 aromatic heterocycles. The average molecular weight is 457 g/mol. The number of nitrogens with one attached hydrogen (secondary N) is 2. The zero-order valence-corrected chi connectivity index (χ0v) is 18.6. The van der Waals surface area contributed by atoms with Crippen LogP contribution < -0.4 is 10.6 Å². The Balaban J connectivity index is 1.64. The lowest BCUT2D eigenvalue weighted by Gasteiger charge is -2.22. The molecule has 1 fully saturated rings. The van der Waals surface area contributed by atoms with Gasteiger partial charge in [-0.05, 0) is 12.8 Å². The molecule has 0 bridgehead atoms. The van der Waals surface area contributed by atoms with Crippen LogP contribution in [0.3, 0.4) is 0 Å². The molecule has 2 aromatic rings. The minimum absolute atomic E-state index is 0.0751. The molecule has 13 heteroatoms. The monoisotopic (exact) mass is 456 g/mol. The Morgan fingerprint density at radius 2 is 2.13 bits per heavy atom. The van der Waals surface area contributed by atoms with Crippen LogP contribution >= 0.6 is 11.6 Å². The van der Waals surface area contributed by atoms with Crippen molar-refractivity contribution in [2.24, 2.45) is 0 Å². The number of sulfonamides is 1. The van der Waals surface area contributed by atoms with Crippen LogP contribution in [-0.4, -0.2) is 82.8 Å². The highest BCUT2D eigenvalue weighted by Gasteiger charge is 2.31. The van der Waals surface area contributed by atoms with Gasteiger partial charge in [0.15, 0.2) is 5.82 Å². The minimum atomic E-state index is -3.25. The van der Waals surface area contributed by atoms with Gasteiger partial charge in [-0.3, -0.25) is 9.48 Å². The normalized spacial score (nSPS) is 17.1. The smallest absolute Gasteiger partial charge is 0.243 e. The van der Waals surface area contributed by atoms with Crippen LogP contribution in [0.4, 0.5) is 17.5 Å². The highest BCUT2D eigenvalue weighted by atomic mass is 35.5. The molecule has 11 nitrogen and oxygen atoms in total. The van der Waals surface area contributed by atoms with Crippen LogP contribution in [0, 0.1) is 0 Å². The SMILES string of the molecule is CN(C)C(=O)Cn1cc(Nc2ncc(Cl)c(NC[C@@H]3CCCN3S(C)(=O)=O)n2)cn1. The van der Waals surface area contributed by atoms with Gasteiger partial charge in [-0.15, -0.1) is 0 Å². The van der Waals surface area contributed by atoms with E-state index in [0.717, 1.165) is 12.8 Å². The Morgan fingerprint density at radius 1 is 1.37 bits per heavy atom. The molecular formula is C17H25ClN8O3S. The molecule has 30 heavy (non-hydrogen) atoms. The number of rotatable bonds is 8. The second-order valence-electron chi connectivity index (χ2n) is 7.28. The zero-order valence-electron chi connectivity index (χ0n) is 17.0. The lowest BCUT2D eigenvalue weighted by atomic mass is 10.2. The summed E-state index contributed by atoms with van der Waals surface area (Å²) in [5.41, 5.74) is 0.619. The number of carbonyl (C=O) groups is 1. The predicted octanol–water partition coefficient (Wildman–Crippen LogP) is 0.994. The summed E-state index contributed by atoms with van der Waals surface area (Å²) in [6.07, 6.45) is 7.52. The van der Waals surface area contributed by atoms with E-state index in [-0.39, 0.29) is 18.5 Å². The molecule has 1 saturated heterocycles. The van der Waals surface area contributed by atoms with Crippen LogP contribution in [-0.2, 0) is 21.4 Å². The Hall–Kier alpha value is -2.44. The number of halogens is 1. The van der Waals surface area contributed by atoms with E-state index in [1.807, 2.05) is 0 Å². The molecule has 2 N–H and O–H groups in total. The van der Waals surface area contributed by atoms with E-state index < -0.39 is 10.0 Å². The number of aromatic nitrogens is 4.